The number of benzene rings is 1. The molecular formula is C13H10BrN3O3. The van der Waals surface area contributed by atoms with Crippen molar-refractivity contribution in [3.63, 3.8) is 0 Å². The van der Waals surface area contributed by atoms with Crippen LogP contribution in [0.15, 0.2) is 46.2 Å². The molecule has 1 heterocycles. The Kier molecular flexibility index (Phi) is 4.31. The van der Waals surface area contributed by atoms with Crippen LogP contribution < -0.4 is 5.43 Å². The van der Waals surface area contributed by atoms with Crippen molar-refractivity contribution in [3.05, 3.63) is 52.3 Å². The lowest BCUT2D eigenvalue weighted by Gasteiger charge is -2.02. The molecule has 1 amide bonds. The van der Waals surface area contributed by atoms with E-state index in [1.54, 1.807) is 24.4 Å². The first-order valence-electron chi connectivity index (χ1n) is 5.53. The Balaban J connectivity index is 2.06. The van der Waals surface area contributed by atoms with E-state index >= 15 is 0 Å². The Morgan fingerprint density at radius 1 is 1.40 bits per heavy atom. The highest BCUT2D eigenvalue weighted by Crippen LogP contribution is 2.33. The second-order valence-electron chi connectivity index (χ2n) is 3.81. The van der Waals surface area contributed by atoms with Gasteiger partial charge in [0.05, 0.1) is 16.3 Å². The van der Waals surface area contributed by atoms with Crippen molar-refractivity contribution in [2.45, 2.75) is 0 Å². The number of phenols is 2. The molecule has 1 aromatic heterocycles. The molecule has 0 aliphatic rings. The summed E-state index contributed by atoms with van der Waals surface area (Å²) in [4.78, 5) is 15.5. The summed E-state index contributed by atoms with van der Waals surface area (Å²) in [6.07, 6.45) is 4.34. The molecule has 0 saturated carbocycles. The molecule has 3 N–H and O–H groups in total. The van der Waals surface area contributed by atoms with Crippen molar-refractivity contribution in [3.8, 4) is 11.5 Å². The molecule has 6 nitrogen and oxygen atoms in total. The van der Waals surface area contributed by atoms with Crippen LogP contribution in [0.25, 0.3) is 0 Å². The topological polar surface area (TPSA) is 94.8 Å². The third kappa shape index (κ3) is 3.33. The highest BCUT2D eigenvalue weighted by atomic mass is 79.9. The molecule has 102 valence electrons. The van der Waals surface area contributed by atoms with Gasteiger partial charge in [-0.3, -0.25) is 9.78 Å². The molecule has 20 heavy (non-hydrogen) atoms. The zero-order chi connectivity index (χ0) is 14.5. The molecule has 0 spiro atoms. The van der Waals surface area contributed by atoms with Gasteiger partial charge in [-0.05, 0) is 45.8 Å². The predicted octanol–water partition coefficient (Wildman–Crippen LogP) is 2.02. The zero-order valence-electron chi connectivity index (χ0n) is 10.1. The smallest absolute Gasteiger partial charge is 0.272 e. The van der Waals surface area contributed by atoms with Gasteiger partial charge in [-0.15, -0.1) is 0 Å². The Hall–Kier alpha value is -2.41. The average molecular weight is 336 g/mol. The van der Waals surface area contributed by atoms with Gasteiger partial charge in [-0.25, -0.2) is 5.43 Å². The number of hydrazone groups is 1. The molecule has 0 bridgehead atoms. The van der Waals surface area contributed by atoms with E-state index in [0.717, 1.165) is 0 Å². The van der Waals surface area contributed by atoms with Crippen LogP contribution in [0.4, 0.5) is 0 Å². The van der Waals surface area contributed by atoms with Crippen LogP contribution >= 0.6 is 15.9 Å². The number of nitrogens with zero attached hydrogens (tertiary/aromatic N) is 2. The van der Waals surface area contributed by atoms with Gasteiger partial charge in [-0.2, -0.15) is 5.10 Å². The van der Waals surface area contributed by atoms with E-state index in [2.05, 4.69) is 31.4 Å². The van der Waals surface area contributed by atoms with Crippen molar-refractivity contribution in [2.75, 3.05) is 0 Å². The van der Waals surface area contributed by atoms with Gasteiger partial charge in [0.2, 0.25) is 0 Å². The zero-order valence-corrected chi connectivity index (χ0v) is 11.7. The second kappa shape index (κ2) is 6.16. The Labute approximate surface area is 122 Å². The summed E-state index contributed by atoms with van der Waals surface area (Å²) in [5.41, 5.74) is 3.23. The summed E-state index contributed by atoms with van der Waals surface area (Å²) in [7, 11) is 0. The lowest BCUT2D eigenvalue weighted by molar-refractivity contribution is 0.0955. The minimum Gasteiger partial charge on any atom is -0.504 e. The number of amides is 1. The maximum Gasteiger partial charge on any atom is 0.272 e. The van der Waals surface area contributed by atoms with Crippen LogP contribution in [-0.4, -0.2) is 27.3 Å². The number of rotatable bonds is 3. The number of aromatic hydroxyl groups is 2. The minimum absolute atomic E-state index is 0.249. The van der Waals surface area contributed by atoms with Crippen molar-refractivity contribution in [1.82, 2.24) is 10.4 Å². The van der Waals surface area contributed by atoms with E-state index in [1.165, 1.54) is 18.5 Å². The SMILES string of the molecule is O=C(NN=Cc1cc(O)c(O)c(Br)c1)c1cccnc1. The first-order chi connectivity index (χ1) is 9.58. The third-order valence-corrected chi connectivity index (χ3v) is 2.97. The summed E-state index contributed by atoms with van der Waals surface area (Å²) < 4.78 is 0.331. The molecule has 0 fully saturated rings. The van der Waals surface area contributed by atoms with Crippen LogP contribution in [-0.2, 0) is 0 Å². The molecule has 0 atom stereocenters. The summed E-state index contributed by atoms with van der Waals surface area (Å²) in [6, 6.07) is 6.13. The van der Waals surface area contributed by atoms with Gasteiger partial charge < -0.3 is 10.2 Å². The second-order valence-corrected chi connectivity index (χ2v) is 4.67. The minimum atomic E-state index is -0.392. The molecule has 2 aromatic rings. The molecule has 0 saturated heterocycles. The molecule has 0 aliphatic heterocycles. The fraction of sp³-hybridized carbons (Fsp3) is 0. The summed E-state index contributed by atoms with van der Waals surface area (Å²) in [5, 5.41) is 22.6. The van der Waals surface area contributed by atoms with Crippen molar-refractivity contribution < 1.29 is 15.0 Å². The van der Waals surface area contributed by atoms with E-state index in [0.29, 0.717) is 15.6 Å². The first-order valence-corrected chi connectivity index (χ1v) is 6.32. The monoisotopic (exact) mass is 335 g/mol. The van der Waals surface area contributed by atoms with Gasteiger partial charge in [0.25, 0.3) is 5.91 Å². The molecule has 1 aromatic carbocycles. The van der Waals surface area contributed by atoms with Gasteiger partial charge in [-0.1, -0.05) is 0 Å². The fourth-order valence-electron chi connectivity index (χ4n) is 1.41. The molecular weight excluding hydrogens is 326 g/mol. The Morgan fingerprint density at radius 3 is 2.85 bits per heavy atom. The van der Waals surface area contributed by atoms with Crippen molar-refractivity contribution in [2.24, 2.45) is 5.10 Å². The predicted molar refractivity (Wildman–Crippen MR) is 76.8 cm³/mol. The Bertz CT molecular complexity index is 636. The Morgan fingerprint density at radius 2 is 2.20 bits per heavy atom. The number of carbonyl (C=O) groups excluding carboxylic acids is 1. The first kappa shape index (κ1) is 14.0. The average Bonchev–Trinajstić information content (AvgIpc) is 2.45. The lowest BCUT2D eigenvalue weighted by Crippen LogP contribution is -2.17. The summed E-state index contributed by atoms with van der Waals surface area (Å²) >= 11 is 3.09. The van der Waals surface area contributed by atoms with E-state index < -0.39 is 5.91 Å². The standard InChI is InChI=1S/C13H10BrN3O3/c14-10-4-8(5-11(18)12(10)19)6-16-17-13(20)9-2-1-3-15-7-9/h1-7,18-19H,(H,17,20). The van der Waals surface area contributed by atoms with E-state index in [-0.39, 0.29) is 11.5 Å². The van der Waals surface area contributed by atoms with Crippen LogP contribution in [0.1, 0.15) is 15.9 Å². The van der Waals surface area contributed by atoms with Gasteiger partial charge >= 0.3 is 0 Å². The van der Waals surface area contributed by atoms with E-state index in [1.807, 2.05) is 0 Å². The number of aromatic nitrogens is 1. The number of hydrogen-bond donors (Lipinski definition) is 3. The normalized spacial score (nSPS) is 10.7. The molecule has 7 heteroatoms. The highest BCUT2D eigenvalue weighted by molar-refractivity contribution is 9.10. The van der Waals surface area contributed by atoms with Crippen molar-refractivity contribution >= 4 is 28.1 Å². The largest absolute Gasteiger partial charge is 0.504 e. The number of nitrogens with one attached hydrogen (secondary N) is 1. The van der Waals surface area contributed by atoms with E-state index in [9.17, 15) is 15.0 Å². The third-order valence-electron chi connectivity index (χ3n) is 2.37. The lowest BCUT2D eigenvalue weighted by atomic mass is 10.2. The quantitative estimate of drug-likeness (QED) is 0.454. The number of halogens is 1. The maximum absolute atomic E-state index is 11.7. The summed E-state index contributed by atoms with van der Waals surface area (Å²) in [5.74, 6) is -0.919. The van der Waals surface area contributed by atoms with Crippen LogP contribution in [0.3, 0.4) is 0 Å². The highest BCUT2D eigenvalue weighted by Gasteiger charge is 2.06. The van der Waals surface area contributed by atoms with Crippen LogP contribution in [0, 0.1) is 0 Å². The van der Waals surface area contributed by atoms with Gasteiger partial charge in [0.15, 0.2) is 11.5 Å². The number of hydrogen-bond acceptors (Lipinski definition) is 5. The van der Waals surface area contributed by atoms with E-state index in [4.69, 9.17) is 0 Å². The number of carbonyl (C=O) groups is 1. The molecule has 2 rings (SSSR count). The molecule has 0 aliphatic carbocycles. The molecule has 0 radical (unpaired) electrons. The fourth-order valence-corrected chi connectivity index (χ4v) is 1.87. The molecule has 0 unspecified atom stereocenters. The number of phenolic OH excluding ortho intramolecular Hbond substituents is 2. The van der Waals surface area contributed by atoms with Crippen molar-refractivity contribution in [1.29, 1.82) is 0 Å². The number of pyridine rings is 1. The maximum atomic E-state index is 11.7. The van der Waals surface area contributed by atoms with Crippen LogP contribution in [0.2, 0.25) is 0 Å². The van der Waals surface area contributed by atoms with Crippen LogP contribution in [0.5, 0.6) is 11.5 Å². The summed E-state index contributed by atoms with van der Waals surface area (Å²) in [6.45, 7) is 0. The van der Waals surface area contributed by atoms with Gasteiger partial charge in [0.1, 0.15) is 0 Å². The van der Waals surface area contributed by atoms with Gasteiger partial charge in [0, 0.05) is 12.4 Å².